The minimum Gasteiger partial charge on any atom is -0.444 e. The number of hydrogen-bond donors (Lipinski definition) is 1. The van der Waals surface area contributed by atoms with Gasteiger partial charge in [-0.25, -0.2) is 14.8 Å². The van der Waals surface area contributed by atoms with Crippen LogP contribution in [-0.4, -0.2) is 46.5 Å². The number of nitrogens with zero attached hydrogens (tertiary/aromatic N) is 3. The number of amides is 1. The first-order valence-electron chi connectivity index (χ1n) is 10.0. The number of nitrogens with one attached hydrogen (secondary N) is 1. The van der Waals surface area contributed by atoms with Gasteiger partial charge in [0.25, 0.3) is 0 Å². The summed E-state index contributed by atoms with van der Waals surface area (Å²) in [5.41, 5.74) is -0.558. The molecular weight excluding hydrogens is 417 g/mol. The van der Waals surface area contributed by atoms with Gasteiger partial charge in [0, 0.05) is 23.5 Å². The molecule has 1 aliphatic rings. The van der Waals surface area contributed by atoms with E-state index in [0.717, 1.165) is 30.6 Å². The highest BCUT2D eigenvalue weighted by Gasteiger charge is 2.33. The quantitative estimate of drug-likeness (QED) is 0.698. The summed E-state index contributed by atoms with van der Waals surface area (Å²) in [6.45, 7) is 8.09. The number of fused-ring (bicyclic) bond motifs is 1. The van der Waals surface area contributed by atoms with Crippen molar-refractivity contribution in [2.75, 3.05) is 11.4 Å². The molecule has 1 aliphatic carbocycles. The van der Waals surface area contributed by atoms with E-state index >= 15 is 0 Å². The second kappa shape index (κ2) is 8.56. The van der Waals surface area contributed by atoms with E-state index in [2.05, 4.69) is 20.2 Å². The van der Waals surface area contributed by atoms with Crippen LogP contribution in [0.2, 0.25) is 0 Å². The third-order valence-corrected chi connectivity index (χ3v) is 5.96. The maximum atomic E-state index is 12.8. The van der Waals surface area contributed by atoms with Gasteiger partial charge in [-0.2, -0.15) is 13.2 Å². The van der Waals surface area contributed by atoms with E-state index in [9.17, 15) is 18.0 Å². The van der Waals surface area contributed by atoms with Crippen LogP contribution in [0, 0.1) is 0 Å². The molecule has 0 spiro atoms. The minimum absolute atomic E-state index is 0.0144. The van der Waals surface area contributed by atoms with Crippen LogP contribution in [0.25, 0.3) is 10.2 Å². The van der Waals surface area contributed by atoms with Crippen molar-refractivity contribution in [1.82, 2.24) is 15.3 Å². The Morgan fingerprint density at radius 1 is 1.30 bits per heavy atom. The largest absolute Gasteiger partial charge is 0.444 e. The van der Waals surface area contributed by atoms with Crippen LogP contribution >= 0.6 is 11.3 Å². The Hall–Kier alpha value is -2.10. The van der Waals surface area contributed by atoms with E-state index in [1.54, 1.807) is 6.07 Å². The first-order valence-corrected chi connectivity index (χ1v) is 10.8. The van der Waals surface area contributed by atoms with Gasteiger partial charge in [-0.1, -0.05) is 0 Å². The number of carbonyl (C=O) groups is 1. The van der Waals surface area contributed by atoms with Gasteiger partial charge in [-0.15, -0.1) is 11.3 Å². The summed E-state index contributed by atoms with van der Waals surface area (Å²) in [4.78, 5) is 23.5. The standard InChI is InChI=1S/C20H27F3N4O2S/c1-5-27(13-7-6-12(8-13)26-18(28)29-19(2,3)4)16-15-9-14(10-20(21,22)23)30-17(15)25-11-24-16/h9,11-13H,5-8,10H2,1-4H3,(H,26,28)/t12-,13+/m0/s1. The Labute approximate surface area is 177 Å². The fourth-order valence-corrected chi connectivity index (χ4v) is 4.85. The molecule has 10 heteroatoms. The maximum Gasteiger partial charge on any atom is 0.407 e. The zero-order chi connectivity index (χ0) is 22.1. The van der Waals surface area contributed by atoms with Crippen LogP contribution in [0.5, 0.6) is 0 Å². The van der Waals surface area contributed by atoms with Gasteiger partial charge >= 0.3 is 12.3 Å². The number of ether oxygens (including phenoxy) is 1. The highest BCUT2D eigenvalue weighted by atomic mass is 32.1. The number of hydrogen-bond acceptors (Lipinski definition) is 6. The highest BCUT2D eigenvalue weighted by Crippen LogP contribution is 2.36. The van der Waals surface area contributed by atoms with Gasteiger partial charge in [0.15, 0.2) is 0 Å². The lowest BCUT2D eigenvalue weighted by molar-refractivity contribution is -0.126. The molecule has 0 aromatic carbocycles. The molecule has 166 valence electrons. The van der Waals surface area contributed by atoms with Crippen LogP contribution in [0.3, 0.4) is 0 Å². The van der Waals surface area contributed by atoms with Gasteiger partial charge in [-0.05, 0) is 53.0 Å². The molecule has 30 heavy (non-hydrogen) atoms. The van der Waals surface area contributed by atoms with Crippen molar-refractivity contribution in [3.8, 4) is 0 Å². The number of halogens is 3. The molecular formula is C20H27F3N4O2S. The molecule has 2 aromatic heterocycles. The monoisotopic (exact) mass is 444 g/mol. The Balaban J connectivity index is 1.75. The number of anilines is 1. The summed E-state index contributed by atoms with van der Waals surface area (Å²) in [5.74, 6) is 0.648. The van der Waals surface area contributed by atoms with Gasteiger partial charge in [0.05, 0.1) is 11.8 Å². The summed E-state index contributed by atoms with van der Waals surface area (Å²) in [6.07, 6.45) is -1.89. The van der Waals surface area contributed by atoms with Crippen molar-refractivity contribution < 1.29 is 22.7 Å². The average molecular weight is 445 g/mol. The number of rotatable bonds is 5. The van der Waals surface area contributed by atoms with Crippen molar-refractivity contribution in [2.45, 2.75) is 77.2 Å². The summed E-state index contributed by atoms with van der Waals surface area (Å²) in [5, 5.41) is 3.56. The Bertz CT molecular complexity index is 894. The molecule has 1 N–H and O–H groups in total. The van der Waals surface area contributed by atoms with Gasteiger partial charge in [-0.3, -0.25) is 0 Å². The first kappa shape index (κ1) is 22.6. The summed E-state index contributed by atoms with van der Waals surface area (Å²) in [7, 11) is 0. The molecule has 0 aliphatic heterocycles. The van der Waals surface area contributed by atoms with Crippen molar-refractivity contribution in [1.29, 1.82) is 0 Å². The van der Waals surface area contributed by atoms with E-state index in [4.69, 9.17) is 4.74 Å². The molecule has 3 rings (SSSR count). The van der Waals surface area contributed by atoms with Gasteiger partial charge < -0.3 is 15.0 Å². The van der Waals surface area contributed by atoms with Crippen molar-refractivity contribution in [3.05, 3.63) is 17.3 Å². The smallest absolute Gasteiger partial charge is 0.407 e. The number of alkyl halides is 3. The second-order valence-corrected chi connectivity index (χ2v) is 9.63. The van der Waals surface area contributed by atoms with Crippen molar-refractivity contribution in [3.63, 3.8) is 0 Å². The number of alkyl carbamates (subject to hydrolysis) is 1. The topological polar surface area (TPSA) is 67.4 Å². The fraction of sp³-hybridized carbons (Fsp3) is 0.650. The lowest BCUT2D eigenvalue weighted by atomic mass is 10.2. The molecule has 2 heterocycles. The molecule has 0 bridgehead atoms. The minimum atomic E-state index is -4.26. The van der Waals surface area contributed by atoms with Gasteiger partial charge in [0.2, 0.25) is 0 Å². The molecule has 0 radical (unpaired) electrons. The van der Waals surface area contributed by atoms with Crippen LogP contribution in [0.1, 0.15) is 51.8 Å². The van der Waals surface area contributed by atoms with Crippen molar-refractivity contribution in [2.24, 2.45) is 0 Å². The summed E-state index contributed by atoms with van der Waals surface area (Å²) >= 11 is 1.05. The van der Waals surface area contributed by atoms with Crippen molar-refractivity contribution >= 4 is 33.5 Å². The molecule has 2 aromatic rings. The normalized spacial score (nSPS) is 19.8. The number of thiophene rings is 1. The van der Waals surface area contributed by atoms with Crippen LogP contribution in [0.4, 0.5) is 23.8 Å². The van der Waals surface area contributed by atoms with Crippen LogP contribution in [0.15, 0.2) is 12.4 Å². The molecule has 1 amide bonds. The molecule has 0 saturated heterocycles. The molecule has 6 nitrogen and oxygen atoms in total. The number of aromatic nitrogens is 2. The molecule has 2 atom stereocenters. The second-order valence-electron chi connectivity index (χ2n) is 8.52. The lowest BCUT2D eigenvalue weighted by Crippen LogP contribution is -2.40. The van der Waals surface area contributed by atoms with Crippen LogP contribution < -0.4 is 10.2 Å². The Morgan fingerprint density at radius 2 is 2.03 bits per heavy atom. The average Bonchev–Trinajstić information content (AvgIpc) is 3.19. The molecule has 0 unspecified atom stereocenters. The van der Waals surface area contributed by atoms with E-state index < -0.39 is 24.3 Å². The zero-order valence-electron chi connectivity index (χ0n) is 17.5. The predicted molar refractivity (Wildman–Crippen MR) is 111 cm³/mol. The van der Waals surface area contributed by atoms with Crippen LogP contribution in [-0.2, 0) is 11.2 Å². The lowest BCUT2D eigenvalue weighted by Gasteiger charge is -2.29. The van der Waals surface area contributed by atoms with E-state index in [-0.39, 0.29) is 17.0 Å². The third-order valence-electron chi connectivity index (χ3n) is 4.91. The third kappa shape index (κ3) is 5.74. The molecule has 1 saturated carbocycles. The highest BCUT2D eigenvalue weighted by molar-refractivity contribution is 7.18. The Kier molecular flexibility index (Phi) is 6.45. The molecule has 1 fully saturated rings. The predicted octanol–water partition coefficient (Wildman–Crippen LogP) is 5.07. The Morgan fingerprint density at radius 3 is 2.67 bits per heavy atom. The first-order chi connectivity index (χ1) is 13.9. The number of carbonyl (C=O) groups excluding carboxylic acids is 1. The SMILES string of the molecule is CCN(c1ncnc2sc(CC(F)(F)F)cc12)[C@@H]1CC[C@H](NC(=O)OC(C)(C)C)C1. The summed E-state index contributed by atoms with van der Waals surface area (Å²) in [6, 6.07) is 1.66. The fourth-order valence-electron chi connectivity index (χ4n) is 3.83. The van der Waals surface area contributed by atoms with E-state index in [0.29, 0.717) is 22.6 Å². The zero-order valence-corrected chi connectivity index (χ0v) is 18.4. The van der Waals surface area contributed by atoms with Gasteiger partial charge in [0.1, 0.15) is 22.6 Å². The van der Waals surface area contributed by atoms with E-state index in [1.165, 1.54) is 6.33 Å². The maximum absolute atomic E-state index is 12.8. The van der Waals surface area contributed by atoms with E-state index in [1.807, 2.05) is 27.7 Å². The summed E-state index contributed by atoms with van der Waals surface area (Å²) < 4.78 is 43.8.